The number of ether oxygens (including phenoxy) is 2. The van der Waals surface area contributed by atoms with E-state index in [1.807, 2.05) is 13.8 Å². The lowest BCUT2D eigenvalue weighted by Gasteiger charge is -2.41. The average molecular weight is 1140 g/mol. The van der Waals surface area contributed by atoms with Crippen molar-refractivity contribution in [3.8, 4) is 5.75 Å². The van der Waals surface area contributed by atoms with Crippen molar-refractivity contribution in [2.45, 2.75) is 176 Å². The summed E-state index contributed by atoms with van der Waals surface area (Å²) in [6, 6.07) is -3.05. The van der Waals surface area contributed by atoms with Gasteiger partial charge in [-0.15, -0.1) is 0 Å². The minimum Gasteiger partial charge on any atom is -0.497 e. The molecule has 11 atom stereocenters. The van der Waals surface area contributed by atoms with Crippen molar-refractivity contribution in [3.63, 3.8) is 0 Å². The van der Waals surface area contributed by atoms with Crippen molar-refractivity contribution < 1.29 is 57.4 Å². The van der Waals surface area contributed by atoms with Crippen LogP contribution in [-0.2, 0) is 59.1 Å². The molecule has 2 aliphatic heterocycles. The number of hydrogen-bond donors (Lipinski definition) is 3. The molecule has 24 nitrogen and oxygen atoms in total. The SMILES string of the molecule is CC[C@H](C)[C@H]1C(=O)NCC(=O)N(C)[C@@H](C(C)C)C(=O)N[C@@H](Cc2ccc(OC)cc2)C(=O)O[C@H](C)C(=O)N2CCCC[C@H]2C(=O)N(C)[C@@H](C(C)C)C(=O)N[C@@H](C(C)C)C(=O)N(C)[C@@H](CCN=[N+]=[N-])C(=O)N(C)[C@@H]([C@@H](C)CC)C(=O)N1C. The molecular formula is C57H92N12O12. The van der Waals surface area contributed by atoms with Crippen LogP contribution in [-0.4, -0.2) is 205 Å². The fourth-order valence-corrected chi connectivity index (χ4v) is 10.8. The Morgan fingerprint density at radius 1 is 0.654 bits per heavy atom. The number of carbonyl (C=O) groups excluding carboxylic acids is 10. The fourth-order valence-electron chi connectivity index (χ4n) is 10.8. The Bertz CT molecular complexity index is 2430. The molecule has 2 fully saturated rings. The number of cyclic esters (lactones) is 1. The number of fused-ring (bicyclic) bond motifs is 1. The maximum Gasteiger partial charge on any atom is 0.329 e. The van der Waals surface area contributed by atoms with Crippen LogP contribution in [0.2, 0.25) is 0 Å². The number of piperidine rings is 1. The van der Waals surface area contributed by atoms with Gasteiger partial charge in [0.15, 0.2) is 6.10 Å². The van der Waals surface area contributed by atoms with Crippen LogP contribution in [0, 0.1) is 29.6 Å². The number of benzene rings is 1. The van der Waals surface area contributed by atoms with Crippen LogP contribution in [0.25, 0.3) is 10.4 Å². The summed E-state index contributed by atoms with van der Waals surface area (Å²) in [5, 5.41) is 12.0. The second-order valence-corrected chi connectivity index (χ2v) is 22.8. The van der Waals surface area contributed by atoms with Gasteiger partial charge in [-0.2, -0.15) is 0 Å². The first-order chi connectivity index (χ1) is 38.0. The van der Waals surface area contributed by atoms with E-state index in [0.717, 1.165) is 9.80 Å². The summed E-state index contributed by atoms with van der Waals surface area (Å²) in [6.45, 7) is 18.2. The van der Waals surface area contributed by atoms with Crippen LogP contribution in [0.3, 0.4) is 0 Å². The standard InChI is InChI=1S/C57H92N12O12/c1-18-35(9)47-49(71)59-31-43(70)65(13)45(33(5)6)50(72)61-40(30-38-23-25-39(80-17)26-24-38)57(79)81-37(11)52(74)69-29-21-20-22-42(69)54(76)66(14)46(34(7)8)51(73)62-44(32(3)4)55(77)64(12)41(27-28-60-63-58)53(75)68(16)48(36(10)19-2)56(78)67(47)15/h23-26,32-37,40-42,44-48H,18-22,27-31H2,1-17H3,(H,59,71)(H,61,72)(H,62,73)/t35-,36-,37+,40-,41-,42-,44-,45-,46-,47-,48-/m0/s1. The molecule has 1 aromatic carbocycles. The van der Waals surface area contributed by atoms with Gasteiger partial charge in [-0.1, -0.05) is 99.3 Å². The Labute approximate surface area is 478 Å². The number of methoxy groups -OCH3 is 1. The molecular weight excluding hydrogens is 1040 g/mol. The van der Waals surface area contributed by atoms with Crippen molar-refractivity contribution in [1.29, 1.82) is 0 Å². The second-order valence-electron chi connectivity index (χ2n) is 22.8. The van der Waals surface area contributed by atoms with E-state index in [9.17, 15) is 53.5 Å². The molecule has 2 saturated heterocycles. The highest BCUT2D eigenvalue weighted by atomic mass is 16.5. The summed E-state index contributed by atoms with van der Waals surface area (Å²) in [5.74, 6) is -9.07. The van der Waals surface area contributed by atoms with Crippen LogP contribution in [0.1, 0.15) is 120 Å². The molecule has 9 amide bonds. The molecule has 0 aliphatic carbocycles. The molecule has 2 aliphatic rings. The summed E-state index contributed by atoms with van der Waals surface area (Å²) in [6.07, 6.45) is 0.384. The summed E-state index contributed by atoms with van der Waals surface area (Å²) >= 11 is 0. The Kier molecular flexibility index (Phi) is 26.4. The van der Waals surface area contributed by atoms with E-state index >= 15 is 0 Å². The summed E-state index contributed by atoms with van der Waals surface area (Å²) in [4.78, 5) is 156. The van der Waals surface area contributed by atoms with Gasteiger partial charge >= 0.3 is 5.97 Å². The van der Waals surface area contributed by atoms with Gasteiger partial charge in [-0.25, -0.2) is 4.79 Å². The van der Waals surface area contributed by atoms with Gasteiger partial charge in [0.2, 0.25) is 47.3 Å². The normalized spacial score (nSPS) is 26.4. The first-order valence-electron chi connectivity index (χ1n) is 28.4. The Morgan fingerprint density at radius 2 is 1.20 bits per heavy atom. The van der Waals surface area contributed by atoms with Gasteiger partial charge in [0.05, 0.1) is 13.7 Å². The van der Waals surface area contributed by atoms with E-state index in [1.165, 1.54) is 68.9 Å². The zero-order valence-electron chi connectivity index (χ0n) is 50.9. The van der Waals surface area contributed by atoms with Crippen LogP contribution < -0.4 is 20.7 Å². The topological polar surface area (TPSA) is 293 Å². The minimum atomic E-state index is -1.46. The first-order valence-corrected chi connectivity index (χ1v) is 28.4. The summed E-state index contributed by atoms with van der Waals surface area (Å²) in [5.41, 5.74) is 9.85. The molecule has 0 radical (unpaired) electrons. The fraction of sp³-hybridized carbons (Fsp3) is 0.719. The Hall–Kier alpha value is -6.97. The van der Waals surface area contributed by atoms with Crippen molar-refractivity contribution >= 4 is 59.1 Å². The van der Waals surface area contributed by atoms with E-state index < -0.39 is 150 Å². The maximum absolute atomic E-state index is 15.0. The van der Waals surface area contributed by atoms with Crippen molar-refractivity contribution in [2.24, 2.45) is 34.7 Å². The lowest BCUT2D eigenvalue weighted by Crippen LogP contribution is -2.63. The highest BCUT2D eigenvalue weighted by molar-refractivity contribution is 5.99. The van der Waals surface area contributed by atoms with Gasteiger partial charge in [-0.05, 0) is 85.4 Å². The number of amides is 9. The quantitative estimate of drug-likeness (QED) is 0.111. The van der Waals surface area contributed by atoms with E-state index in [-0.39, 0.29) is 32.4 Å². The van der Waals surface area contributed by atoms with Crippen LogP contribution in [0.5, 0.6) is 5.75 Å². The van der Waals surface area contributed by atoms with Gasteiger partial charge < -0.3 is 54.8 Å². The van der Waals surface area contributed by atoms with Gasteiger partial charge in [0.25, 0.3) is 5.91 Å². The number of nitrogens with one attached hydrogen (secondary N) is 3. The zero-order valence-corrected chi connectivity index (χ0v) is 50.9. The van der Waals surface area contributed by atoms with E-state index in [1.54, 1.807) is 79.7 Å². The highest BCUT2D eigenvalue weighted by Gasteiger charge is 2.45. The monoisotopic (exact) mass is 1140 g/mol. The number of nitrogens with zero attached hydrogens (tertiary/aromatic N) is 9. The molecule has 81 heavy (non-hydrogen) atoms. The lowest BCUT2D eigenvalue weighted by molar-refractivity contribution is -0.165. The first kappa shape index (κ1) is 68.3. The molecule has 24 heteroatoms. The molecule has 0 aromatic heterocycles. The van der Waals surface area contributed by atoms with Crippen LogP contribution >= 0.6 is 0 Å². The lowest BCUT2D eigenvalue weighted by atomic mass is 9.92. The largest absolute Gasteiger partial charge is 0.497 e. The Morgan fingerprint density at radius 3 is 1.74 bits per heavy atom. The smallest absolute Gasteiger partial charge is 0.329 e. The molecule has 0 spiro atoms. The molecule has 3 N–H and O–H groups in total. The number of likely N-dealkylation sites (N-methyl/N-ethyl adjacent to an activating group) is 5. The van der Waals surface area contributed by atoms with E-state index in [0.29, 0.717) is 37.0 Å². The Balaban J connectivity index is 2.28. The minimum absolute atomic E-state index is 0.106. The molecule has 2 heterocycles. The van der Waals surface area contributed by atoms with Gasteiger partial charge in [0, 0.05) is 59.7 Å². The van der Waals surface area contributed by atoms with E-state index in [4.69, 9.17) is 9.47 Å². The number of hydrogen-bond acceptors (Lipinski definition) is 13. The predicted molar refractivity (Wildman–Crippen MR) is 303 cm³/mol. The second kappa shape index (κ2) is 31.3. The van der Waals surface area contributed by atoms with E-state index in [2.05, 4.69) is 26.0 Å². The molecule has 0 bridgehead atoms. The maximum atomic E-state index is 15.0. The predicted octanol–water partition coefficient (Wildman–Crippen LogP) is 3.55. The van der Waals surface area contributed by atoms with Crippen molar-refractivity contribution in [3.05, 3.63) is 40.3 Å². The summed E-state index contributed by atoms with van der Waals surface area (Å²) in [7, 11) is 8.58. The number of rotatable bonds is 13. The third kappa shape index (κ3) is 17.3. The number of esters is 1. The molecule has 0 unspecified atom stereocenters. The number of carbonyl (C=O) groups is 10. The summed E-state index contributed by atoms with van der Waals surface area (Å²) < 4.78 is 11.2. The van der Waals surface area contributed by atoms with Crippen molar-refractivity contribution in [1.82, 2.24) is 45.3 Å². The highest BCUT2D eigenvalue weighted by Crippen LogP contribution is 2.26. The third-order valence-corrected chi connectivity index (χ3v) is 16.0. The molecule has 3 rings (SSSR count). The third-order valence-electron chi connectivity index (χ3n) is 16.0. The van der Waals surface area contributed by atoms with Crippen LogP contribution in [0.4, 0.5) is 0 Å². The van der Waals surface area contributed by atoms with Gasteiger partial charge in [-0.3, -0.25) is 43.2 Å². The zero-order chi connectivity index (χ0) is 61.3. The average Bonchev–Trinajstić information content (AvgIpc) is 3.45. The van der Waals surface area contributed by atoms with Gasteiger partial charge in [0.1, 0.15) is 54.1 Å². The molecule has 452 valence electrons. The number of azide groups is 1. The molecule has 0 saturated carbocycles. The van der Waals surface area contributed by atoms with Crippen molar-refractivity contribution in [2.75, 3.05) is 62.0 Å². The molecule has 1 aromatic rings. The van der Waals surface area contributed by atoms with Crippen LogP contribution in [0.15, 0.2) is 29.4 Å².